The number of benzene rings is 4. The molecule has 0 unspecified atom stereocenters. The third-order valence-electron chi connectivity index (χ3n) is 6.40. The van der Waals surface area contributed by atoms with Crippen molar-refractivity contribution in [3.63, 3.8) is 0 Å². The normalized spacial score (nSPS) is 11.3. The fraction of sp³-hybridized carbons (Fsp3) is 0.0333. The number of hydrogen-bond donors (Lipinski definition) is 2. The van der Waals surface area contributed by atoms with Crippen LogP contribution in [0.4, 0.5) is 0 Å². The number of furan rings is 1. The van der Waals surface area contributed by atoms with Gasteiger partial charge in [-0.1, -0.05) is 84.9 Å². The highest BCUT2D eigenvalue weighted by Gasteiger charge is 2.25. The van der Waals surface area contributed by atoms with Gasteiger partial charge >= 0.3 is 0 Å². The van der Waals surface area contributed by atoms with Crippen molar-refractivity contribution >= 4 is 27.5 Å². The van der Waals surface area contributed by atoms with Crippen molar-refractivity contribution in [1.29, 1.82) is 0 Å². The van der Waals surface area contributed by atoms with Crippen LogP contribution < -0.4 is 0 Å². The van der Waals surface area contributed by atoms with Gasteiger partial charge in [0.05, 0.1) is 17.0 Å². The van der Waals surface area contributed by atoms with Crippen molar-refractivity contribution in [2.24, 2.45) is 0 Å². The largest absolute Gasteiger partial charge is 0.507 e. The number of carbonyl (C=O) groups is 1. The molecule has 2 aromatic heterocycles. The zero-order valence-electron chi connectivity index (χ0n) is 18.5. The molecule has 4 aromatic carbocycles. The first-order valence-electron chi connectivity index (χ1n) is 11.1. The summed E-state index contributed by atoms with van der Waals surface area (Å²) in [7, 11) is 0. The van der Waals surface area contributed by atoms with E-state index in [1.54, 1.807) is 6.07 Å². The quantitative estimate of drug-likeness (QED) is 0.277. The van der Waals surface area contributed by atoms with E-state index in [0.29, 0.717) is 27.6 Å². The molecule has 34 heavy (non-hydrogen) atoms. The van der Waals surface area contributed by atoms with Crippen LogP contribution in [0.1, 0.15) is 21.6 Å². The number of aromatic nitrogens is 1. The second-order valence-corrected chi connectivity index (χ2v) is 8.40. The lowest BCUT2D eigenvalue weighted by molar-refractivity contribution is 0.103. The number of phenols is 1. The Kier molecular flexibility index (Phi) is 4.59. The molecule has 0 bridgehead atoms. The Labute approximate surface area is 196 Å². The van der Waals surface area contributed by atoms with E-state index in [1.165, 1.54) is 6.26 Å². The number of nitrogens with one attached hydrogen (secondary N) is 1. The number of aromatic amines is 1. The molecule has 4 heteroatoms. The summed E-state index contributed by atoms with van der Waals surface area (Å²) in [6, 6.07) is 29.2. The van der Waals surface area contributed by atoms with Gasteiger partial charge in [-0.05, 0) is 29.7 Å². The summed E-state index contributed by atoms with van der Waals surface area (Å²) in [5, 5.41) is 12.7. The van der Waals surface area contributed by atoms with Crippen molar-refractivity contribution in [2.45, 2.75) is 6.92 Å². The summed E-state index contributed by atoms with van der Waals surface area (Å²) in [6.45, 7) is 1.97. The predicted octanol–water partition coefficient (Wildman–Crippen LogP) is 7.49. The van der Waals surface area contributed by atoms with Crippen LogP contribution in [0.2, 0.25) is 0 Å². The topological polar surface area (TPSA) is 66.2 Å². The molecule has 6 aromatic rings. The first-order valence-corrected chi connectivity index (χ1v) is 11.1. The summed E-state index contributed by atoms with van der Waals surface area (Å²) in [5.41, 5.74) is 6.32. The Bertz CT molecular complexity index is 1670. The highest BCUT2D eigenvalue weighted by atomic mass is 16.3. The van der Waals surface area contributed by atoms with E-state index >= 15 is 0 Å². The monoisotopic (exact) mass is 443 g/mol. The van der Waals surface area contributed by atoms with Crippen LogP contribution >= 0.6 is 0 Å². The maximum Gasteiger partial charge on any atom is 0.213 e. The number of carbonyl (C=O) groups excluding carboxylic acids is 1. The van der Waals surface area contributed by atoms with Gasteiger partial charge < -0.3 is 14.5 Å². The number of aromatic hydroxyl groups is 1. The van der Waals surface area contributed by atoms with E-state index in [1.807, 2.05) is 91.9 Å². The van der Waals surface area contributed by atoms with Gasteiger partial charge in [0.2, 0.25) is 5.78 Å². The molecule has 6 rings (SSSR count). The number of hydrogen-bond acceptors (Lipinski definition) is 3. The molecule has 0 radical (unpaired) electrons. The lowest BCUT2D eigenvalue weighted by Crippen LogP contribution is -2.03. The van der Waals surface area contributed by atoms with Gasteiger partial charge in [-0.2, -0.15) is 0 Å². The molecule has 0 saturated carbocycles. The maximum atomic E-state index is 13.8. The minimum atomic E-state index is -0.176. The van der Waals surface area contributed by atoms with Crippen molar-refractivity contribution in [3.05, 3.63) is 114 Å². The van der Waals surface area contributed by atoms with Gasteiger partial charge in [0.25, 0.3) is 0 Å². The van der Waals surface area contributed by atoms with Crippen molar-refractivity contribution in [1.82, 2.24) is 4.98 Å². The first-order chi connectivity index (χ1) is 16.6. The fourth-order valence-corrected chi connectivity index (χ4v) is 4.76. The number of phenolic OH excluding ortho intramolecular Hbond substituents is 1. The van der Waals surface area contributed by atoms with Gasteiger partial charge in [-0.25, -0.2) is 0 Å². The summed E-state index contributed by atoms with van der Waals surface area (Å²) in [5.74, 6) is -0.0537. The smallest absolute Gasteiger partial charge is 0.213 e. The lowest BCUT2D eigenvalue weighted by Gasteiger charge is -2.06. The number of H-pyrrole nitrogens is 1. The van der Waals surface area contributed by atoms with Crippen molar-refractivity contribution < 1.29 is 14.3 Å². The SMILES string of the molecule is Cc1c(C(=O)c2coc3c2cc(O)c2ccccc23)[nH]c(-c2ccccc2)c1-c1ccccc1. The molecule has 164 valence electrons. The van der Waals surface area contributed by atoms with E-state index in [9.17, 15) is 9.90 Å². The maximum absolute atomic E-state index is 13.8. The molecular weight excluding hydrogens is 422 g/mol. The summed E-state index contributed by atoms with van der Waals surface area (Å²) < 4.78 is 5.86. The molecule has 0 spiro atoms. The van der Waals surface area contributed by atoms with E-state index in [4.69, 9.17) is 4.42 Å². The summed E-state index contributed by atoms with van der Waals surface area (Å²) >= 11 is 0. The lowest BCUT2D eigenvalue weighted by atomic mass is 9.96. The van der Waals surface area contributed by atoms with Gasteiger partial charge in [-0.3, -0.25) is 4.79 Å². The van der Waals surface area contributed by atoms with E-state index in [-0.39, 0.29) is 11.5 Å². The highest BCUT2D eigenvalue weighted by molar-refractivity contribution is 6.20. The Morgan fingerprint density at radius 2 is 1.41 bits per heavy atom. The molecule has 2 N–H and O–H groups in total. The van der Waals surface area contributed by atoms with Crippen LogP contribution in [0, 0.1) is 6.92 Å². The van der Waals surface area contributed by atoms with Gasteiger partial charge in [0, 0.05) is 21.7 Å². The van der Waals surface area contributed by atoms with E-state index in [2.05, 4.69) is 4.98 Å². The average Bonchev–Trinajstić information content (AvgIpc) is 3.46. The average molecular weight is 444 g/mol. The number of fused-ring (bicyclic) bond motifs is 3. The van der Waals surface area contributed by atoms with E-state index in [0.717, 1.165) is 33.3 Å². The predicted molar refractivity (Wildman–Crippen MR) is 135 cm³/mol. The van der Waals surface area contributed by atoms with Crippen LogP contribution in [0.5, 0.6) is 5.75 Å². The van der Waals surface area contributed by atoms with Crippen LogP contribution in [0.15, 0.2) is 102 Å². The minimum Gasteiger partial charge on any atom is -0.507 e. The van der Waals surface area contributed by atoms with E-state index < -0.39 is 0 Å². The number of ketones is 1. The zero-order valence-corrected chi connectivity index (χ0v) is 18.5. The standard InChI is InChI=1S/C30H21NO3/c1-18-26(19-10-4-2-5-11-19)28(20-12-6-3-7-13-20)31-27(18)29(33)24-17-34-30-22-15-9-8-14-21(22)25(32)16-23(24)30/h2-17,31-32H,1H3. The van der Waals surface area contributed by atoms with Gasteiger partial charge in [0.1, 0.15) is 17.6 Å². The minimum absolute atomic E-state index is 0.122. The Balaban J connectivity index is 1.57. The molecule has 4 nitrogen and oxygen atoms in total. The van der Waals surface area contributed by atoms with Gasteiger partial charge in [-0.15, -0.1) is 0 Å². The Morgan fingerprint density at radius 3 is 2.12 bits per heavy atom. The molecule has 0 saturated heterocycles. The first kappa shape index (κ1) is 20.1. The summed E-state index contributed by atoms with van der Waals surface area (Å²) in [4.78, 5) is 17.3. The number of rotatable bonds is 4. The van der Waals surface area contributed by atoms with Crippen LogP contribution in [0.3, 0.4) is 0 Å². The van der Waals surface area contributed by atoms with Crippen molar-refractivity contribution in [3.8, 4) is 28.1 Å². The van der Waals surface area contributed by atoms with Gasteiger partial charge in [0.15, 0.2) is 0 Å². The Morgan fingerprint density at radius 1 is 0.794 bits per heavy atom. The Hall–Kier alpha value is -4.57. The van der Waals surface area contributed by atoms with Crippen LogP contribution in [0.25, 0.3) is 44.1 Å². The molecule has 0 atom stereocenters. The molecule has 0 aliphatic heterocycles. The van der Waals surface area contributed by atoms with Crippen LogP contribution in [-0.4, -0.2) is 15.9 Å². The molecule has 0 fully saturated rings. The van der Waals surface area contributed by atoms with Crippen molar-refractivity contribution in [2.75, 3.05) is 0 Å². The molecule has 0 amide bonds. The fourth-order valence-electron chi connectivity index (χ4n) is 4.76. The molecule has 2 heterocycles. The molecule has 0 aliphatic carbocycles. The second kappa shape index (κ2) is 7.78. The third-order valence-corrected chi connectivity index (χ3v) is 6.40. The zero-order chi connectivity index (χ0) is 23.2. The van der Waals surface area contributed by atoms with Crippen LogP contribution in [-0.2, 0) is 0 Å². The second-order valence-electron chi connectivity index (χ2n) is 8.40. The molecule has 0 aliphatic rings. The highest BCUT2D eigenvalue weighted by Crippen LogP contribution is 2.39. The molecular formula is C30H21NO3. The third kappa shape index (κ3) is 3.04. The summed E-state index contributed by atoms with van der Waals surface area (Å²) in [6.07, 6.45) is 1.49.